The zero-order valence-corrected chi connectivity index (χ0v) is 14.4. The third-order valence-electron chi connectivity index (χ3n) is 4.49. The molecular formula is C19H15BrS. The van der Waals surface area contributed by atoms with Crippen molar-refractivity contribution in [1.82, 2.24) is 0 Å². The Morgan fingerprint density at radius 1 is 0.952 bits per heavy atom. The highest BCUT2D eigenvalue weighted by Crippen LogP contribution is 2.52. The fraction of sp³-hybridized carbons (Fsp3) is 0.158. The SMILES string of the molecule is CC1(C)c2ccc(Br)cc2-c2c(-c3ccsc3)cccc21. The molecule has 0 N–H and O–H groups in total. The van der Waals surface area contributed by atoms with Crippen molar-refractivity contribution in [2.45, 2.75) is 19.3 Å². The highest BCUT2D eigenvalue weighted by atomic mass is 79.9. The van der Waals surface area contributed by atoms with E-state index >= 15 is 0 Å². The first-order chi connectivity index (χ1) is 10.1. The monoisotopic (exact) mass is 354 g/mol. The van der Waals surface area contributed by atoms with Gasteiger partial charge in [-0.2, -0.15) is 11.3 Å². The minimum absolute atomic E-state index is 0.0669. The van der Waals surface area contributed by atoms with Crippen molar-refractivity contribution in [3.05, 3.63) is 68.8 Å². The quantitative estimate of drug-likeness (QED) is 0.468. The van der Waals surface area contributed by atoms with E-state index in [4.69, 9.17) is 0 Å². The number of rotatable bonds is 1. The molecule has 1 aliphatic rings. The van der Waals surface area contributed by atoms with Gasteiger partial charge in [0.25, 0.3) is 0 Å². The van der Waals surface area contributed by atoms with Crippen LogP contribution >= 0.6 is 27.3 Å². The van der Waals surface area contributed by atoms with Crippen molar-refractivity contribution in [3.63, 3.8) is 0 Å². The molecule has 2 heteroatoms. The highest BCUT2D eigenvalue weighted by molar-refractivity contribution is 9.10. The Kier molecular flexibility index (Phi) is 2.88. The summed E-state index contributed by atoms with van der Waals surface area (Å²) >= 11 is 5.38. The molecule has 1 aromatic heterocycles. The molecule has 21 heavy (non-hydrogen) atoms. The second kappa shape index (κ2) is 4.56. The van der Waals surface area contributed by atoms with Gasteiger partial charge >= 0.3 is 0 Å². The van der Waals surface area contributed by atoms with Crippen LogP contribution in [0, 0.1) is 0 Å². The zero-order chi connectivity index (χ0) is 14.6. The lowest BCUT2D eigenvalue weighted by Gasteiger charge is -2.21. The van der Waals surface area contributed by atoms with Gasteiger partial charge in [-0.15, -0.1) is 0 Å². The normalized spacial score (nSPS) is 14.8. The summed E-state index contributed by atoms with van der Waals surface area (Å²) in [7, 11) is 0. The molecule has 1 aliphatic carbocycles. The van der Waals surface area contributed by atoms with E-state index < -0.39 is 0 Å². The van der Waals surface area contributed by atoms with Crippen LogP contribution in [0.2, 0.25) is 0 Å². The molecular weight excluding hydrogens is 340 g/mol. The van der Waals surface area contributed by atoms with Crippen molar-refractivity contribution >= 4 is 27.3 Å². The fourth-order valence-corrected chi connectivity index (χ4v) is 4.45. The molecule has 0 spiro atoms. The Morgan fingerprint density at radius 3 is 2.57 bits per heavy atom. The van der Waals surface area contributed by atoms with E-state index in [1.165, 1.54) is 33.4 Å². The van der Waals surface area contributed by atoms with Crippen molar-refractivity contribution in [2.24, 2.45) is 0 Å². The molecule has 0 saturated carbocycles. The van der Waals surface area contributed by atoms with Gasteiger partial charge in [-0.1, -0.05) is 54.0 Å². The molecule has 0 nitrogen and oxygen atoms in total. The van der Waals surface area contributed by atoms with Crippen LogP contribution in [-0.4, -0.2) is 0 Å². The van der Waals surface area contributed by atoms with Gasteiger partial charge in [0.15, 0.2) is 0 Å². The van der Waals surface area contributed by atoms with Gasteiger partial charge in [0, 0.05) is 9.89 Å². The minimum atomic E-state index is 0.0669. The first kappa shape index (κ1) is 13.3. The second-order valence-corrected chi connectivity index (χ2v) is 7.75. The van der Waals surface area contributed by atoms with Gasteiger partial charge in [-0.3, -0.25) is 0 Å². The Bertz CT molecular complexity index is 829. The molecule has 1 heterocycles. The Labute approximate surface area is 137 Å². The van der Waals surface area contributed by atoms with Crippen LogP contribution in [0.15, 0.2) is 57.7 Å². The molecule has 3 aromatic rings. The zero-order valence-electron chi connectivity index (χ0n) is 12.0. The van der Waals surface area contributed by atoms with Crippen molar-refractivity contribution < 1.29 is 0 Å². The van der Waals surface area contributed by atoms with Gasteiger partial charge in [0.1, 0.15) is 0 Å². The lowest BCUT2D eigenvalue weighted by Crippen LogP contribution is -2.14. The van der Waals surface area contributed by atoms with Gasteiger partial charge < -0.3 is 0 Å². The lowest BCUT2D eigenvalue weighted by molar-refractivity contribution is 0.660. The number of benzene rings is 2. The van der Waals surface area contributed by atoms with Crippen molar-refractivity contribution in [1.29, 1.82) is 0 Å². The van der Waals surface area contributed by atoms with Crippen molar-refractivity contribution in [3.8, 4) is 22.3 Å². The van der Waals surface area contributed by atoms with E-state index in [2.05, 4.69) is 83.0 Å². The van der Waals surface area contributed by atoms with Crippen LogP contribution in [0.25, 0.3) is 22.3 Å². The topological polar surface area (TPSA) is 0 Å². The average Bonchev–Trinajstić information content (AvgIpc) is 3.06. The number of fused-ring (bicyclic) bond motifs is 3. The van der Waals surface area contributed by atoms with Gasteiger partial charge in [-0.05, 0) is 62.3 Å². The van der Waals surface area contributed by atoms with E-state index in [9.17, 15) is 0 Å². The summed E-state index contributed by atoms with van der Waals surface area (Å²) in [6.45, 7) is 4.64. The lowest BCUT2D eigenvalue weighted by atomic mass is 9.82. The molecule has 0 bridgehead atoms. The Balaban J connectivity index is 2.10. The minimum Gasteiger partial charge on any atom is -0.152 e. The predicted octanol–water partition coefficient (Wildman–Crippen LogP) is 6.48. The molecule has 0 fully saturated rings. The van der Waals surface area contributed by atoms with Gasteiger partial charge in [-0.25, -0.2) is 0 Å². The van der Waals surface area contributed by atoms with Crippen molar-refractivity contribution in [2.75, 3.05) is 0 Å². The van der Waals surface area contributed by atoms with Gasteiger partial charge in [0.2, 0.25) is 0 Å². The summed E-state index contributed by atoms with van der Waals surface area (Å²) in [4.78, 5) is 0. The largest absolute Gasteiger partial charge is 0.152 e. The average molecular weight is 355 g/mol. The van der Waals surface area contributed by atoms with E-state index in [1.54, 1.807) is 11.3 Å². The molecule has 0 unspecified atom stereocenters. The van der Waals surface area contributed by atoms with Crippen LogP contribution in [-0.2, 0) is 5.41 Å². The molecule has 0 atom stereocenters. The molecule has 0 radical (unpaired) electrons. The van der Waals surface area contributed by atoms with E-state index in [0.717, 1.165) is 4.47 Å². The summed E-state index contributed by atoms with van der Waals surface area (Å²) in [5.74, 6) is 0. The van der Waals surface area contributed by atoms with E-state index in [-0.39, 0.29) is 5.41 Å². The highest BCUT2D eigenvalue weighted by Gasteiger charge is 2.36. The van der Waals surface area contributed by atoms with Gasteiger partial charge in [0.05, 0.1) is 0 Å². The summed E-state index contributed by atoms with van der Waals surface area (Å²) in [5.41, 5.74) is 8.35. The predicted molar refractivity (Wildman–Crippen MR) is 95.0 cm³/mol. The molecule has 104 valence electrons. The summed E-state index contributed by atoms with van der Waals surface area (Å²) in [5, 5.41) is 4.38. The number of hydrogen-bond donors (Lipinski definition) is 0. The standard InChI is InChI=1S/C19H15BrS/c1-19(2)16-7-6-13(20)10-15(16)18-14(4-3-5-17(18)19)12-8-9-21-11-12/h3-11H,1-2H3. The van der Waals surface area contributed by atoms with E-state index in [0.29, 0.717) is 0 Å². The molecule has 2 aromatic carbocycles. The first-order valence-electron chi connectivity index (χ1n) is 7.05. The van der Waals surface area contributed by atoms with Crippen LogP contribution in [0.4, 0.5) is 0 Å². The third kappa shape index (κ3) is 1.86. The molecule has 4 rings (SSSR count). The number of thiophene rings is 1. The molecule has 0 amide bonds. The third-order valence-corrected chi connectivity index (χ3v) is 5.67. The van der Waals surface area contributed by atoms with E-state index in [1.807, 2.05) is 0 Å². The maximum Gasteiger partial charge on any atom is 0.0181 e. The van der Waals surface area contributed by atoms with Crippen LogP contribution < -0.4 is 0 Å². The number of halogens is 1. The maximum absolute atomic E-state index is 3.63. The first-order valence-corrected chi connectivity index (χ1v) is 8.79. The van der Waals surface area contributed by atoms with Crippen LogP contribution in [0.5, 0.6) is 0 Å². The summed E-state index contributed by atoms with van der Waals surface area (Å²) < 4.78 is 1.14. The Morgan fingerprint density at radius 2 is 1.81 bits per heavy atom. The maximum atomic E-state index is 3.63. The second-order valence-electron chi connectivity index (χ2n) is 6.06. The summed E-state index contributed by atoms with van der Waals surface area (Å²) in [6.07, 6.45) is 0. The fourth-order valence-electron chi connectivity index (χ4n) is 3.44. The smallest absolute Gasteiger partial charge is 0.0181 e. The Hall–Kier alpha value is -1.38. The summed E-state index contributed by atoms with van der Waals surface area (Å²) in [6, 6.07) is 15.6. The molecule has 0 saturated heterocycles. The van der Waals surface area contributed by atoms with Crippen LogP contribution in [0.3, 0.4) is 0 Å². The molecule has 0 aliphatic heterocycles. The number of hydrogen-bond acceptors (Lipinski definition) is 1. The van der Waals surface area contributed by atoms with Crippen LogP contribution in [0.1, 0.15) is 25.0 Å².